The highest BCUT2D eigenvalue weighted by atomic mass is 16.5. The average Bonchev–Trinajstić information content (AvgIpc) is 2.89. The summed E-state index contributed by atoms with van der Waals surface area (Å²) in [6.07, 6.45) is 4.85. The number of ether oxygens (including phenoxy) is 2. The largest absolute Gasteiger partial charge is 0.457 e. The second-order valence-electron chi connectivity index (χ2n) is 9.95. The van der Waals surface area contributed by atoms with Gasteiger partial charge in [0.1, 0.15) is 23.0 Å². The lowest BCUT2D eigenvalue weighted by atomic mass is 9.75. The molecule has 1 fully saturated rings. The molecule has 0 aromatic heterocycles. The minimum atomic E-state index is 0.555. The maximum atomic E-state index is 6.10. The average molecular weight is 479 g/mol. The van der Waals surface area contributed by atoms with Crippen molar-refractivity contribution in [2.24, 2.45) is 0 Å². The van der Waals surface area contributed by atoms with Crippen LogP contribution in [0.15, 0.2) is 84.9 Å². The highest BCUT2D eigenvalue weighted by Crippen LogP contribution is 2.43. The van der Waals surface area contributed by atoms with Gasteiger partial charge in [-0.2, -0.15) is 0 Å². The molecule has 4 aromatic carbocycles. The zero-order valence-electron chi connectivity index (χ0n) is 21.0. The van der Waals surface area contributed by atoms with Gasteiger partial charge in [-0.05, 0) is 128 Å². The Hall–Kier alpha value is -3.92. The number of anilines is 2. The van der Waals surface area contributed by atoms with Gasteiger partial charge in [0, 0.05) is 11.4 Å². The van der Waals surface area contributed by atoms with Gasteiger partial charge in [-0.25, -0.2) is 0 Å². The van der Waals surface area contributed by atoms with Gasteiger partial charge in [-0.3, -0.25) is 0 Å². The number of rotatable bonds is 6. The van der Waals surface area contributed by atoms with E-state index in [-0.39, 0.29) is 0 Å². The lowest BCUT2D eigenvalue weighted by molar-refractivity contribution is 0.393. The van der Waals surface area contributed by atoms with E-state index in [1.165, 1.54) is 30.4 Å². The van der Waals surface area contributed by atoms with Crippen LogP contribution in [-0.2, 0) is 0 Å². The van der Waals surface area contributed by atoms with Crippen LogP contribution in [0.5, 0.6) is 23.0 Å². The standard InChI is InChI=1S/C32H34N2O2/c1-21-18-25(6-16-31(21)35-29-12-8-27(33)9-13-29)23-4-3-5-24(20-23)26-7-17-32(22(2)19-26)36-30-14-10-28(34)11-15-30/h6-19,23-24H,3-5,20,33-34H2,1-2H3. The Bertz CT molecular complexity index is 1230. The van der Waals surface area contributed by atoms with E-state index in [1.807, 2.05) is 48.5 Å². The van der Waals surface area contributed by atoms with Gasteiger partial charge in [0.05, 0.1) is 0 Å². The molecule has 184 valence electrons. The Kier molecular flexibility index (Phi) is 6.86. The molecule has 36 heavy (non-hydrogen) atoms. The van der Waals surface area contributed by atoms with Crippen molar-refractivity contribution in [3.8, 4) is 23.0 Å². The van der Waals surface area contributed by atoms with Crippen LogP contribution in [0.4, 0.5) is 11.4 Å². The van der Waals surface area contributed by atoms with E-state index in [9.17, 15) is 0 Å². The van der Waals surface area contributed by atoms with Crippen molar-refractivity contribution >= 4 is 11.4 Å². The van der Waals surface area contributed by atoms with Crippen molar-refractivity contribution in [1.82, 2.24) is 0 Å². The number of hydrogen-bond donors (Lipinski definition) is 2. The molecule has 0 heterocycles. The number of nitrogen functional groups attached to an aromatic ring is 2. The van der Waals surface area contributed by atoms with E-state index < -0.39 is 0 Å². The molecule has 0 aliphatic heterocycles. The lowest BCUT2D eigenvalue weighted by Gasteiger charge is -2.30. The molecule has 2 atom stereocenters. The van der Waals surface area contributed by atoms with Crippen LogP contribution in [0.25, 0.3) is 0 Å². The van der Waals surface area contributed by atoms with E-state index in [0.29, 0.717) is 11.8 Å². The Labute approximate surface area is 213 Å². The van der Waals surface area contributed by atoms with Gasteiger partial charge in [-0.15, -0.1) is 0 Å². The molecule has 0 bridgehead atoms. The summed E-state index contributed by atoms with van der Waals surface area (Å²) in [5.74, 6) is 4.50. The summed E-state index contributed by atoms with van der Waals surface area (Å²) in [6, 6.07) is 28.4. The second kappa shape index (κ2) is 10.4. The molecular formula is C32H34N2O2. The molecule has 4 aromatic rings. The third-order valence-electron chi connectivity index (χ3n) is 7.23. The summed E-state index contributed by atoms with van der Waals surface area (Å²) < 4.78 is 12.2. The van der Waals surface area contributed by atoms with Crippen molar-refractivity contribution in [1.29, 1.82) is 0 Å². The smallest absolute Gasteiger partial charge is 0.130 e. The van der Waals surface area contributed by atoms with Crippen LogP contribution in [0, 0.1) is 13.8 Å². The first kappa shape index (κ1) is 23.8. The van der Waals surface area contributed by atoms with Crippen LogP contribution in [-0.4, -0.2) is 0 Å². The van der Waals surface area contributed by atoms with E-state index in [1.54, 1.807) is 0 Å². The monoisotopic (exact) mass is 478 g/mol. The zero-order chi connectivity index (χ0) is 25.1. The van der Waals surface area contributed by atoms with Crippen LogP contribution < -0.4 is 20.9 Å². The van der Waals surface area contributed by atoms with Gasteiger partial charge >= 0.3 is 0 Å². The van der Waals surface area contributed by atoms with Gasteiger partial charge in [0.25, 0.3) is 0 Å². The first-order valence-corrected chi connectivity index (χ1v) is 12.7. The predicted octanol–water partition coefficient (Wildman–Crippen LogP) is 8.49. The van der Waals surface area contributed by atoms with Crippen molar-refractivity contribution < 1.29 is 9.47 Å². The first-order chi connectivity index (χ1) is 17.4. The Morgan fingerprint density at radius 1 is 0.583 bits per heavy atom. The summed E-state index contributed by atoms with van der Waals surface area (Å²) in [6.45, 7) is 4.25. The van der Waals surface area contributed by atoms with Crippen LogP contribution in [0.3, 0.4) is 0 Å². The van der Waals surface area contributed by atoms with Crippen molar-refractivity contribution in [2.45, 2.75) is 51.4 Å². The van der Waals surface area contributed by atoms with E-state index in [0.717, 1.165) is 51.9 Å². The second-order valence-corrected chi connectivity index (χ2v) is 9.95. The SMILES string of the molecule is Cc1cc(C2CCCC(c3ccc(Oc4ccc(N)cc4)c(C)c3)C2)ccc1Oc1ccc(N)cc1. The molecular weight excluding hydrogens is 444 g/mol. The predicted molar refractivity (Wildman–Crippen MR) is 148 cm³/mol. The maximum absolute atomic E-state index is 6.10. The van der Waals surface area contributed by atoms with Crippen molar-refractivity contribution in [2.75, 3.05) is 11.5 Å². The van der Waals surface area contributed by atoms with Gasteiger partial charge in [-0.1, -0.05) is 30.7 Å². The molecule has 0 saturated heterocycles. The normalized spacial score (nSPS) is 17.5. The zero-order valence-corrected chi connectivity index (χ0v) is 21.0. The lowest BCUT2D eigenvalue weighted by Crippen LogP contribution is -2.13. The molecule has 0 radical (unpaired) electrons. The third-order valence-corrected chi connectivity index (χ3v) is 7.23. The van der Waals surface area contributed by atoms with Gasteiger partial charge in [0.2, 0.25) is 0 Å². The molecule has 1 saturated carbocycles. The molecule has 0 amide bonds. The van der Waals surface area contributed by atoms with Crippen molar-refractivity contribution in [3.05, 3.63) is 107 Å². The molecule has 0 spiro atoms. The number of aryl methyl sites for hydroxylation is 2. The molecule has 2 unspecified atom stereocenters. The van der Waals surface area contributed by atoms with E-state index in [4.69, 9.17) is 20.9 Å². The molecule has 4 N–H and O–H groups in total. The number of hydrogen-bond acceptors (Lipinski definition) is 4. The molecule has 1 aliphatic carbocycles. The fourth-order valence-electron chi connectivity index (χ4n) is 5.20. The van der Waals surface area contributed by atoms with Crippen LogP contribution in [0.2, 0.25) is 0 Å². The molecule has 1 aliphatic rings. The molecule has 4 nitrogen and oxygen atoms in total. The first-order valence-electron chi connectivity index (χ1n) is 12.7. The summed E-state index contributed by atoms with van der Waals surface area (Å²) >= 11 is 0. The fourth-order valence-corrected chi connectivity index (χ4v) is 5.20. The maximum Gasteiger partial charge on any atom is 0.130 e. The minimum Gasteiger partial charge on any atom is -0.457 e. The van der Waals surface area contributed by atoms with Gasteiger partial charge < -0.3 is 20.9 Å². The van der Waals surface area contributed by atoms with E-state index >= 15 is 0 Å². The molecule has 4 heteroatoms. The summed E-state index contributed by atoms with van der Waals surface area (Å²) in [5, 5.41) is 0. The number of benzene rings is 4. The fraction of sp³-hybridized carbons (Fsp3) is 0.250. The topological polar surface area (TPSA) is 70.5 Å². The molecule has 5 rings (SSSR count). The highest BCUT2D eigenvalue weighted by molar-refractivity contribution is 5.47. The number of nitrogens with two attached hydrogens (primary N) is 2. The van der Waals surface area contributed by atoms with Crippen molar-refractivity contribution in [3.63, 3.8) is 0 Å². The third kappa shape index (κ3) is 5.49. The summed E-state index contributed by atoms with van der Waals surface area (Å²) in [4.78, 5) is 0. The van der Waals surface area contributed by atoms with E-state index in [2.05, 4.69) is 50.2 Å². The summed E-state index contributed by atoms with van der Waals surface area (Å²) in [5.41, 5.74) is 18.2. The highest BCUT2D eigenvalue weighted by Gasteiger charge is 2.25. The van der Waals surface area contributed by atoms with Gasteiger partial charge in [0.15, 0.2) is 0 Å². The quantitative estimate of drug-likeness (QED) is 0.273. The van der Waals surface area contributed by atoms with Crippen LogP contribution in [0.1, 0.15) is 59.8 Å². The summed E-state index contributed by atoms with van der Waals surface area (Å²) in [7, 11) is 0. The Balaban J connectivity index is 1.27. The Morgan fingerprint density at radius 3 is 1.39 bits per heavy atom. The van der Waals surface area contributed by atoms with Crippen LogP contribution >= 0.6 is 0 Å². The Morgan fingerprint density at radius 2 is 1.00 bits per heavy atom. The minimum absolute atomic E-state index is 0.555.